The van der Waals surface area contributed by atoms with Crippen LogP contribution < -0.4 is 11.1 Å². The van der Waals surface area contributed by atoms with Gasteiger partial charge >= 0.3 is 6.03 Å². The second kappa shape index (κ2) is 5.40. The van der Waals surface area contributed by atoms with Crippen molar-refractivity contribution in [1.82, 2.24) is 4.90 Å². The van der Waals surface area contributed by atoms with E-state index in [4.69, 9.17) is 5.73 Å². The van der Waals surface area contributed by atoms with Gasteiger partial charge in [0, 0.05) is 24.8 Å². The van der Waals surface area contributed by atoms with Gasteiger partial charge in [0.2, 0.25) is 0 Å². The molecule has 1 aromatic rings. The first-order valence-corrected chi connectivity index (χ1v) is 6.46. The van der Waals surface area contributed by atoms with Crippen LogP contribution in [0.3, 0.4) is 0 Å². The molecule has 0 aliphatic carbocycles. The standard InChI is InChI=1S/C14H21N3O/c1-10-6-11(2)17(9-10)14(18)16-13-5-3-4-12(7-13)8-15/h3-5,7,10-11H,6,8-9,15H2,1-2H3,(H,16,18). The number of likely N-dealkylation sites (tertiary alicyclic amines) is 1. The van der Waals surface area contributed by atoms with Gasteiger partial charge in [-0.2, -0.15) is 0 Å². The van der Waals surface area contributed by atoms with Crippen molar-refractivity contribution in [3.05, 3.63) is 29.8 Å². The first-order chi connectivity index (χ1) is 8.60. The lowest BCUT2D eigenvalue weighted by atomic mass is 10.1. The zero-order valence-corrected chi connectivity index (χ0v) is 11.0. The molecule has 0 radical (unpaired) electrons. The highest BCUT2D eigenvalue weighted by atomic mass is 16.2. The van der Waals surface area contributed by atoms with E-state index in [2.05, 4.69) is 19.2 Å². The third kappa shape index (κ3) is 2.82. The van der Waals surface area contributed by atoms with Crippen LogP contribution in [-0.2, 0) is 6.54 Å². The molecule has 1 aliphatic heterocycles. The molecule has 4 nitrogen and oxygen atoms in total. The summed E-state index contributed by atoms with van der Waals surface area (Å²) in [6, 6.07) is 7.98. The summed E-state index contributed by atoms with van der Waals surface area (Å²) in [4.78, 5) is 14.1. The van der Waals surface area contributed by atoms with Crippen molar-refractivity contribution in [2.45, 2.75) is 32.9 Å². The van der Waals surface area contributed by atoms with E-state index in [1.54, 1.807) is 0 Å². The van der Waals surface area contributed by atoms with Gasteiger partial charge in [0.1, 0.15) is 0 Å². The van der Waals surface area contributed by atoms with Gasteiger partial charge in [-0.15, -0.1) is 0 Å². The number of nitrogens with one attached hydrogen (secondary N) is 1. The maximum Gasteiger partial charge on any atom is 0.322 e. The van der Waals surface area contributed by atoms with Gasteiger partial charge in [0.15, 0.2) is 0 Å². The maximum absolute atomic E-state index is 12.2. The Hall–Kier alpha value is -1.55. The molecule has 0 spiro atoms. The van der Waals surface area contributed by atoms with E-state index in [-0.39, 0.29) is 6.03 Å². The number of benzene rings is 1. The van der Waals surface area contributed by atoms with E-state index in [0.29, 0.717) is 18.5 Å². The summed E-state index contributed by atoms with van der Waals surface area (Å²) >= 11 is 0. The molecule has 98 valence electrons. The summed E-state index contributed by atoms with van der Waals surface area (Å²) in [5.74, 6) is 0.584. The van der Waals surface area contributed by atoms with Gasteiger partial charge in [-0.05, 0) is 37.0 Å². The molecule has 1 aliphatic rings. The Morgan fingerprint density at radius 3 is 2.89 bits per heavy atom. The number of amides is 2. The second-order valence-electron chi connectivity index (χ2n) is 5.18. The molecule has 0 saturated carbocycles. The van der Waals surface area contributed by atoms with E-state index >= 15 is 0 Å². The van der Waals surface area contributed by atoms with Crippen molar-refractivity contribution in [1.29, 1.82) is 0 Å². The van der Waals surface area contributed by atoms with Gasteiger partial charge in [-0.3, -0.25) is 0 Å². The number of urea groups is 1. The van der Waals surface area contributed by atoms with Crippen molar-refractivity contribution in [3.63, 3.8) is 0 Å². The maximum atomic E-state index is 12.2. The first kappa shape index (κ1) is 12.9. The largest absolute Gasteiger partial charge is 0.326 e. The fraction of sp³-hybridized carbons (Fsp3) is 0.500. The van der Waals surface area contributed by atoms with Crippen LogP contribution in [0.4, 0.5) is 10.5 Å². The number of hydrogen-bond donors (Lipinski definition) is 2. The predicted octanol–water partition coefficient (Wildman–Crippen LogP) is 2.41. The fourth-order valence-electron chi connectivity index (χ4n) is 2.55. The highest BCUT2D eigenvalue weighted by molar-refractivity contribution is 5.89. The third-order valence-corrected chi connectivity index (χ3v) is 3.46. The first-order valence-electron chi connectivity index (χ1n) is 6.46. The number of carbonyl (C=O) groups excluding carboxylic acids is 1. The van der Waals surface area contributed by atoms with Gasteiger partial charge < -0.3 is 16.0 Å². The Bertz CT molecular complexity index is 433. The van der Waals surface area contributed by atoms with E-state index in [9.17, 15) is 4.79 Å². The molecule has 4 heteroatoms. The summed E-state index contributed by atoms with van der Waals surface area (Å²) in [7, 11) is 0. The van der Waals surface area contributed by atoms with Crippen LogP contribution >= 0.6 is 0 Å². The van der Waals surface area contributed by atoms with Crippen LogP contribution in [0.5, 0.6) is 0 Å². The van der Waals surface area contributed by atoms with E-state index in [0.717, 1.165) is 24.2 Å². The molecule has 3 N–H and O–H groups in total. The zero-order valence-electron chi connectivity index (χ0n) is 11.0. The lowest BCUT2D eigenvalue weighted by Crippen LogP contribution is -2.37. The highest BCUT2D eigenvalue weighted by Crippen LogP contribution is 2.23. The van der Waals surface area contributed by atoms with Crippen molar-refractivity contribution < 1.29 is 4.79 Å². The van der Waals surface area contributed by atoms with Crippen LogP contribution in [0.1, 0.15) is 25.8 Å². The van der Waals surface area contributed by atoms with E-state index < -0.39 is 0 Å². The van der Waals surface area contributed by atoms with Gasteiger partial charge in [-0.1, -0.05) is 19.1 Å². The molecular formula is C14H21N3O. The van der Waals surface area contributed by atoms with E-state index in [1.165, 1.54) is 0 Å². The summed E-state index contributed by atoms with van der Waals surface area (Å²) in [5, 5.41) is 2.94. The summed E-state index contributed by atoms with van der Waals surface area (Å²) in [6.45, 7) is 5.60. The van der Waals surface area contributed by atoms with Crippen molar-refractivity contribution >= 4 is 11.7 Å². The Kier molecular flexibility index (Phi) is 3.87. The minimum Gasteiger partial charge on any atom is -0.326 e. The van der Waals surface area contributed by atoms with Gasteiger partial charge in [0.25, 0.3) is 0 Å². The van der Waals surface area contributed by atoms with Crippen molar-refractivity contribution in [2.75, 3.05) is 11.9 Å². The van der Waals surface area contributed by atoms with Crippen molar-refractivity contribution in [3.8, 4) is 0 Å². The SMILES string of the molecule is CC1CC(C)N(C(=O)Nc2cccc(CN)c2)C1. The zero-order chi connectivity index (χ0) is 13.1. The average molecular weight is 247 g/mol. The molecule has 1 aromatic carbocycles. The number of nitrogens with two attached hydrogens (primary N) is 1. The van der Waals surface area contributed by atoms with Crippen LogP contribution in [0.15, 0.2) is 24.3 Å². The monoisotopic (exact) mass is 247 g/mol. The molecule has 2 unspecified atom stereocenters. The number of nitrogens with zero attached hydrogens (tertiary/aromatic N) is 1. The normalized spacial score (nSPS) is 23.2. The van der Waals surface area contributed by atoms with Gasteiger partial charge in [0.05, 0.1) is 0 Å². The smallest absolute Gasteiger partial charge is 0.322 e. The lowest BCUT2D eigenvalue weighted by Gasteiger charge is -2.22. The van der Waals surface area contributed by atoms with E-state index in [1.807, 2.05) is 29.2 Å². The van der Waals surface area contributed by atoms with Crippen LogP contribution in [0.2, 0.25) is 0 Å². The van der Waals surface area contributed by atoms with Crippen LogP contribution in [-0.4, -0.2) is 23.5 Å². The molecule has 0 aromatic heterocycles. The number of rotatable bonds is 2. The molecule has 2 rings (SSSR count). The molecule has 1 fully saturated rings. The van der Waals surface area contributed by atoms with Crippen molar-refractivity contribution in [2.24, 2.45) is 11.7 Å². The molecule has 2 amide bonds. The fourth-order valence-corrected chi connectivity index (χ4v) is 2.55. The predicted molar refractivity (Wildman–Crippen MR) is 73.3 cm³/mol. The quantitative estimate of drug-likeness (QED) is 0.843. The Balaban J connectivity index is 2.02. The molecule has 1 saturated heterocycles. The van der Waals surface area contributed by atoms with Crippen LogP contribution in [0, 0.1) is 5.92 Å². The summed E-state index contributed by atoms with van der Waals surface area (Å²) in [5.41, 5.74) is 7.43. The number of hydrogen-bond acceptors (Lipinski definition) is 2. The summed E-state index contributed by atoms with van der Waals surface area (Å²) in [6.07, 6.45) is 1.08. The van der Waals surface area contributed by atoms with Gasteiger partial charge in [-0.25, -0.2) is 4.79 Å². The number of carbonyl (C=O) groups is 1. The Labute approximate surface area is 108 Å². The summed E-state index contributed by atoms with van der Waals surface area (Å²) < 4.78 is 0. The van der Waals surface area contributed by atoms with Crippen LogP contribution in [0.25, 0.3) is 0 Å². The Morgan fingerprint density at radius 1 is 1.50 bits per heavy atom. The highest BCUT2D eigenvalue weighted by Gasteiger charge is 2.29. The average Bonchev–Trinajstić information content (AvgIpc) is 2.69. The molecule has 2 atom stereocenters. The lowest BCUT2D eigenvalue weighted by molar-refractivity contribution is 0.209. The molecule has 0 bridgehead atoms. The number of anilines is 1. The Morgan fingerprint density at radius 2 is 2.28 bits per heavy atom. The molecule has 18 heavy (non-hydrogen) atoms. The second-order valence-corrected chi connectivity index (χ2v) is 5.18. The minimum atomic E-state index is -0.0129. The minimum absolute atomic E-state index is 0.0129. The molecular weight excluding hydrogens is 226 g/mol. The topological polar surface area (TPSA) is 58.4 Å². The molecule has 1 heterocycles. The third-order valence-electron chi connectivity index (χ3n) is 3.46.